The number of hydrogen-bond donors (Lipinski definition) is 0. The summed E-state index contributed by atoms with van der Waals surface area (Å²) in [5.41, 5.74) is 0.186. The standard InChI is InChI=1S/C26H38O4/c1-4-5-6-7-24(29)30-26(17(2)27)15-13-23-22-10-8-18-16-19(28)9-11-20(18)21(22)12-14-25(23,26)3/h16,20-23H,4-15H2,1-3H3/t20-,21+,22+,23+,25+,26-/m0/s1. The van der Waals surface area contributed by atoms with Crippen molar-refractivity contribution < 1.29 is 19.1 Å². The van der Waals surface area contributed by atoms with Crippen molar-refractivity contribution in [2.45, 2.75) is 103 Å². The number of ether oxygens (including phenoxy) is 1. The molecule has 0 amide bonds. The Kier molecular flexibility index (Phi) is 5.98. The Labute approximate surface area is 181 Å². The van der Waals surface area contributed by atoms with Gasteiger partial charge in [0.2, 0.25) is 0 Å². The molecule has 30 heavy (non-hydrogen) atoms. The SMILES string of the molecule is CCCCCC(=O)O[C@]1(C(C)=O)CC[C@@H]2[C@@H]3CCC4=CC(=O)CC[C@@H]4[C@H]3CC[C@]21C. The van der Waals surface area contributed by atoms with Gasteiger partial charge in [-0.3, -0.25) is 14.4 Å². The van der Waals surface area contributed by atoms with Crippen molar-refractivity contribution in [3.05, 3.63) is 11.6 Å². The van der Waals surface area contributed by atoms with E-state index in [0.29, 0.717) is 48.7 Å². The van der Waals surface area contributed by atoms with Gasteiger partial charge in [0.15, 0.2) is 17.2 Å². The Morgan fingerprint density at radius 2 is 1.87 bits per heavy atom. The predicted octanol–water partition coefficient (Wildman–Crippen LogP) is 5.58. The number of allylic oxidation sites excluding steroid dienone is 1. The first-order valence-electron chi connectivity index (χ1n) is 12.3. The molecule has 0 unspecified atom stereocenters. The zero-order chi connectivity index (χ0) is 21.5. The fourth-order valence-electron chi connectivity index (χ4n) is 7.76. The van der Waals surface area contributed by atoms with E-state index >= 15 is 0 Å². The number of rotatable bonds is 6. The molecule has 166 valence electrons. The first-order chi connectivity index (χ1) is 14.3. The molecule has 0 aromatic carbocycles. The van der Waals surface area contributed by atoms with Gasteiger partial charge in [0.05, 0.1) is 0 Å². The van der Waals surface area contributed by atoms with Crippen LogP contribution < -0.4 is 0 Å². The minimum absolute atomic E-state index is 0.0365. The van der Waals surface area contributed by atoms with Crippen LogP contribution in [0.15, 0.2) is 11.6 Å². The second kappa shape index (κ2) is 8.24. The Morgan fingerprint density at radius 3 is 2.60 bits per heavy atom. The van der Waals surface area contributed by atoms with Gasteiger partial charge in [-0.05, 0) is 88.0 Å². The predicted molar refractivity (Wildman–Crippen MR) is 116 cm³/mol. The zero-order valence-electron chi connectivity index (χ0n) is 19.0. The summed E-state index contributed by atoms with van der Waals surface area (Å²) >= 11 is 0. The normalized spacial score (nSPS) is 40.1. The van der Waals surface area contributed by atoms with Crippen LogP contribution in [0.2, 0.25) is 0 Å². The third kappa shape index (κ3) is 3.39. The van der Waals surface area contributed by atoms with E-state index in [1.54, 1.807) is 6.92 Å². The van der Waals surface area contributed by atoms with E-state index in [4.69, 9.17) is 4.74 Å². The summed E-state index contributed by atoms with van der Waals surface area (Å²) in [5, 5.41) is 0. The molecule has 4 rings (SSSR count). The van der Waals surface area contributed by atoms with E-state index in [1.165, 1.54) is 5.57 Å². The van der Waals surface area contributed by atoms with E-state index in [9.17, 15) is 14.4 Å². The molecule has 4 aliphatic carbocycles. The van der Waals surface area contributed by atoms with Crippen molar-refractivity contribution in [3.8, 4) is 0 Å². The lowest BCUT2D eigenvalue weighted by atomic mass is 9.50. The Hall–Kier alpha value is -1.45. The molecular weight excluding hydrogens is 376 g/mol. The molecule has 4 heteroatoms. The first-order valence-corrected chi connectivity index (χ1v) is 12.3. The zero-order valence-corrected chi connectivity index (χ0v) is 19.0. The van der Waals surface area contributed by atoms with E-state index in [2.05, 4.69) is 13.8 Å². The number of hydrogen-bond acceptors (Lipinski definition) is 4. The van der Waals surface area contributed by atoms with E-state index in [-0.39, 0.29) is 17.2 Å². The summed E-state index contributed by atoms with van der Waals surface area (Å²) in [6.07, 6.45) is 12.8. The number of unbranched alkanes of at least 4 members (excludes halogenated alkanes) is 2. The maximum Gasteiger partial charge on any atom is 0.306 e. The molecule has 0 saturated heterocycles. The van der Waals surface area contributed by atoms with E-state index in [1.807, 2.05) is 6.08 Å². The van der Waals surface area contributed by atoms with Gasteiger partial charge in [-0.25, -0.2) is 0 Å². The van der Waals surface area contributed by atoms with Gasteiger partial charge in [0.1, 0.15) is 0 Å². The molecule has 3 saturated carbocycles. The third-order valence-electron chi connectivity index (χ3n) is 9.26. The van der Waals surface area contributed by atoms with E-state index in [0.717, 1.165) is 57.8 Å². The molecule has 0 radical (unpaired) electrons. The molecule has 3 fully saturated rings. The molecular formula is C26H38O4. The van der Waals surface area contributed by atoms with Gasteiger partial charge in [-0.2, -0.15) is 0 Å². The minimum Gasteiger partial charge on any atom is -0.450 e. The maximum atomic E-state index is 13.0. The molecule has 0 aromatic heterocycles. The fraction of sp³-hybridized carbons (Fsp3) is 0.808. The van der Waals surface area contributed by atoms with Gasteiger partial charge in [0, 0.05) is 18.3 Å². The number of carbonyl (C=O) groups excluding carboxylic acids is 3. The third-order valence-corrected chi connectivity index (χ3v) is 9.26. The fourth-order valence-corrected chi connectivity index (χ4v) is 7.76. The molecule has 0 spiro atoms. The average molecular weight is 415 g/mol. The summed E-state index contributed by atoms with van der Waals surface area (Å²) < 4.78 is 6.14. The Morgan fingerprint density at radius 1 is 1.07 bits per heavy atom. The monoisotopic (exact) mass is 414 g/mol. The highest BCUT2D eigenvalue weighted by Crippen LogP contribution is 2.66. The largest absolute Gasteiger partial charge is 0.450 e. The molecule has 4 aliphatic rings. The Bertz CT molecular complexity index is 752. The number of fused-ring (bicyclic) bond motifs is 5. The van der Waals surface area contributed by atoms with Crippen molar-refractivity contribution in [1.29, 1.82) is 0 Å². The minimum atomic E-state index is -0.940. The van der Waals surface area contributed by atoms with Gasteiger partial charge < -0.3 is 4.74 Å². The molecule has 0 aromatic rings. The topological polar surface area (TPSA) is 60.4 Å². The molecule has 4 nitrogen and oxygen atoms in total. The summed E-state index contributed by atoms with van der Waals surface area (Å²) in [5.74, 6) is 2.33. The lowest BCUT2D eigenvalue weighted by Gasteiger charge is -2.55. The molecule has 0 aliphatic heterocycles. The van der Waals surface area contributed by atoms with Crippen LogP contribution in [0, 0.1) is 29.1 Å². The van der Waals surface area contributed by atoms with Gasteiger partial charge >= 0.3 is 5.97 Å². The lowest BCUT2D eigenvalue weighted by Crippen LogP contribution is -2.57. The van der Waals surface area contributed by atoms with Crippen LogP contribution in [0.1, 0.15) is 97.8 Å². The van der Waals surface area contributed by atoms with Crippen LogP contribution in [0.25, 0.3) is 0 Å². The van der Waals surface area contributed by atoms with Gasteiger partial charge in [-0.15, -0.1) is 0 Å². The van der Waals surface area contributed by atoms with Crippen molar-refractivity contribution >= 4 is 17.5 Å². The summed E-state index contributed by atoms with van der Waals surface area (Å²) in [4.78, 5) is 37.6. The van der Waals surface area contributed by atoms with Crippen molar-refractivity contribution in [3.63, 3.8) is 0 Å². The number of ketones is 2. The van der Waals surface area contributed by atoms with Crippen molar-refractivity contribution in [2.24, 2.45) is 29.1 Å². The molecule has 0 N–H and O–H groups in total. The number of carbonyl (C=O) groups is 3. The molecule has 0 heterocycles. The number of Topliss-reactive ketones (excluding diaryl/α,β-unsaturated/α-hetero) is 1. The highest BCUT2D eigenvalue weighted by Gasteiger charge is 2.66. The lowest BCUT2D eigenvalue weighted by molar-refractivity contribution is -0.187. The summed E-state index contributed by atoms with van der Waals surface area (Å²) in [7, 11) is 0. The molecule has 0 bridgehead atoms. The summed E-state index contributed by atoms with van der Waals surface area (Å²) in [6, 6.07) is 0. The highest BCUT2D eigenvalue weighted by molar-refractivity contribution is 5.91. The van der Waals surface area contributed by atoms with Gasteiger partial charge in [0.25, 0.3) is 0 Å². The van der Waals surface area contributed by atoms with Crippen LogP contribution >= 0.6 is 0 Å². The van der Waals surface area contributed by atoms with Crippen LogP contribution in [-0.4, -0.2) is 23.1 Å². The smallest absolute Gasteiger partial charge is 0.306 e. The first kappa shape index (κ1) is 21.8. The van der Waals surface area contributed by atoms with Crippen LogP contribution in [0.4, 0.5) is 0 Å². The summed E-state index contributed by atoms with van der Waals surface area (Å²) in [6.45, 7) is 5.99. The van der Waals surface area contributed by atoms with Gasteiger partial charge in [-0.1, -0.05) is 32.3 Å². The average Bonchev–Trinajstić information content (AvgIpc) is 3.01. The highest BCUT2D eigenvalue weighted by atomic mass is 16.6. The second-order valence-corrected chi connectivity index (χ2v) is 10.6. The van der Waals surface area contributed by atoms with Crippen LogP contribution in [0.3, 0.4) is 0 Å². The molecule has 6 atom stereocenters. The van der Waals surface area contributed by atoms with Crippen molar-refractivity contribution in [2.75, 3.05) is 0 Å². The maximum absolute atomic E-state index is 13.0. The van der Waals surface area contributed by atoms with Crippen molar-refractivity contribution in [1.82, 2.24) is 0 Å². The quantitative estimate of drug-likeness (QED) is 0.420. The Balaban J connectivity index is 1.56. The van der Waals surface area contributed by atoms with Crippen LogP contribution in [-0.2, 0) is 19.1 Å². The van der Waals surface area contributed by atoms with E-state index < -0.39 is 5.60 Å². The number of esters is 1. The van der Waals surface area contributed by atoms with Crippen LogP contribution in [0.5, 0.6) is 0 Å². The second-order valence-electron chi connectivity index (χ2n) is 10.6.